The van der Waals surface area contributed by atoms with Crippen LogP contribution in [0.25, 0.3) is 0 Å². The average molecular weight is 265 g/mol. The lowest BCUT2D eigenvalue weighted by Gasteiger charge is -2.45. The summed E-state index contributed by atoms with van der Waals surface area (Å²) in [6, 6.07) is 2.64. The maximum Gasteiger partial charge on any atom is 0.0273 e. The largest absolute Gasteiger partial charge is 0.326 e. The standard InChI is InChI=1S/C16H31N3/c1-11-8-12(2)16(15(17)9-11)19-7-6-13-4-5-14(10-19)18(13)3/h11-16H,4-10,17H2,1-3H3. The maximum atomic E-state index is 6.52. The van der Waals surface area contributed by atoms with Crippen molar-refractivity contribution in [2.45, 2.75) is 70.1 Å². The van der Waals surface area contributed by atoms with Crippen LogP contribution in [0.1, 0.15) is 46.0 Å². The first-order valence-corrected chi connectivity index (χ1v) is 8.27. The molecule has 1 saturated carbocycles. The molecule has 1 aliphatic carbocycles. The molecule has 2 aliphatic heterocycles. The topological polar surface area (TPSA) is 32.5 Å². The molecule has 110 valence electrons. The molecule has 6 atom stereocenters. The van der Waals surface area contributed by atoms with Crippen LogP contribution in [0.2, 0.25) is 0 Å². The van der Waals surface area contributed by atoms with E-state index in [1.165, 1.54) is 45.2 Å². The van der Waals surface area contributed by atoms with Gasteiger partial charge in [0.1, 0.15) is 0 Å². The van der Waals surface area contributed by atoms with E-state index in [0.717, 1.165) is 23.9 Å². The highest BCUT2D eigenvalue weighted by Gasteiger charge is 2.41. The van der Waals surface area contributed by atoms with Gasteiger partial charge in [0.15, 0.2) is 0 Å². The molecular formula is C16H31N3. The Morgan fingerprint density at radius 3 is 2.47 bits per heavy atom. The van der Waals surface area contributed by atoms with Gasteiger partial charge in [-0.2, -0.15) is 0 Å². The summed E-state index contributed by atoms with van der Waals surface area (Å²) in [6.07, 6.45) is 6.73. The van der Waals surface area contributed by atoms with E-state index in [1.807, 2.05) is 0 Å². The Bertz CT molecular complexity index is 307. The fourth-order valence-electron chi connectivity index (χ4n) is 5.13. The summed E-state index contributed by atoms with van der Waals surface area (Å²) in [5.74, 6) is 1.58. The van der Waals surface area contributed by atoms with Crippen LogP contribution in [0.4, 0.5) is 0 Å². The van der Waals surface area contributed by atoms with Crippen LogP contribution in [-0.2, 0) is 0 Å². The van der Waals surface area contributed by atoms with Crippen LogP contribution < -0.4 is 5.73 Å². The number of rotatable bonds is 1. The summed E-state index contributed by atoms with van der Waals surface area (Å²) in [4.78, 5) is 5.39. The summed E-state index contributed by atoms with van der Waals surface area (Å²) in [7, 11) is 2.33. The van der Waals surface area contributed by atoms with E-state index in [0.29, 0.717) is 12.1 Å². The van der Waals surface area contributed by atoms with Crippen molar-refractivity contribution in [2.24, 2.45) is 17.6 Å². The minimum Gasteiger partial charge on any atom is -0.326 e. The monoisotopic (exact) mass is 265 g/mol. The lowest BCUT2D eigenvalue weighted by Crippen LogP contribution is -2.56. The molecule has 6 unspecified atom stereocenters. The first-order valence-electron chi connectivity index (χ1n) is 8.27. The van der Waals surface area contributed by atoms with Crippen LogP contribution >= 0.6 is 0 Å². The highest BCUT2D eigenvalue weighted by Crippen LogP contribution is 2.35. The zero-order chi connectivity index (χ0) is 13.6. The van der Waals surface area contributed by atoms with Crippen LogP contribution in [0.5, 0.6) is 0 Å². The number of fused-ring (bicyclic) bond motifs is 2. The summed E-state index contributed by atoms with van der Waals surface area (Å²) >= 11 is 0. The lowest BCUT2D eigenvalue weighted by molar-refractivity contribution is 0.0679. The van der Waals surface area contributed by atoms with Gasteiger partial charge in [-0.3, -0.25) is 9.80 Å². The number of hydrogen-bond acceptors (Lipinski definition) is 3. The second kappa shape index (κ2) is 5.34. The van der Waals surface area contributed by atoms with Gasteiger partial charge in [0, 0.05) is 37.3 Å². The summed E-state index contributed by atoms with van der Waals surface area (Å²) in [5, 5.41) is 0. The van der Waals surface area contributed by atoms with Gasteiger partial charge in [-0.15, -0.1) is 0 Å². The van der Waals surface area contributed by atoms with Crippen molar-refractivity contribution in [1.29, 1.82) is 0 Å². The second-order valence-electron chi connectivity index (χ2n) is 7.54. The fourth-order valence-corrected chi connectivity index (χ4v) is 5.13. The van der Waals surface area contributed by atoms with Crippen LogP contribution in [0, 0.1) is 11.8 Å². The summed E-state index contributed by atoms with van der Waals surface area (Å²) in [6.45, 7) is 7.31. The molecular weight excluding hydrogens is 234 g/mol. The number of nitrogens with two attached hydrogens (primary N) is 1. The number of nitrogens with zero attached hydrogens (tertiary/aromatic N) is 2. The summed E-state index contributed by atoms with van der Waals surface area (Å²) < 4.78 is 0. The molecule has 3 rings (SSSR count). The first-order chi connectivity index (χ1) is 9.06. The van der Waals surface area contributed by atoms with Crippen molar-refractivity contribution >= 4 is 0 Å². The van der Waals surface area contributed by atoms with Crippen molar-refractivity contribution in [2.75, 3.05) is 20.1 Å². The van der Waals surface area contributed by atoms with E-state index in [4.69, 9.17) is 5.73 Å². The minimum absolute atomic E-state index is 0.390. The molecule has 2 saturated heterocycles. The van der Waals surface area contributed by atoms with E-state index in [-0.39, 0.29) is 0 Å². The van der Waals surface area contributed by atoms with Gasteiger partial charge < -0.3 is 5.73 Å². The van der Waals surface area contributed by atoms with Crippen molar-refractivity contribution in [3.63, 3.8) is 0 Å². The predicted molar refractivity (Wildman–Crippen MR) is 80.1 cm³/mol. The van der Waals surface area contributed by atoms with E-state index in [2.05, 4.69) is 30.7 Å². The van der Waals surface area contributed by atoms with Gasteiger partial charge in [0.25, 0.3) is 0 Å². The van der Waals surface area contributed by atoms with Crippen LogP contribution in [0.3, 0.4) is 0 Å². The predicted octanol–water partition coefficient (Wildman–Crippen LogP) is 1.92. The van der Waals surface area contributed by atoms with Crippen LogP contribution in [-0.4, -0.2) is 54.1 Å². The molecule has 19 heavy (non-hydrogen) atoms. The number of likely N-dealkylation sites (N-methyl/N-ethyl adjacent to an activating group) is 1. The summed E-state index contributed by atoms with van der Waals surface area (Å²) in [5.41, 5.74) is 6.52. The molecule has 3 heteroatoms. The van der Waals surface area contributed by atoms with Crippen molar-refractivity contribution in [3.8, 4) is 0 Å². The van der Waals surface area contributed by atoms with Gasteiger partial charge >= 0.3 is 0 Å². The normalized spacial score (nSPS) is 49.3. The van der Waals surface area contributed by atoms with Crippen molar-refractivity contribution < 1.29 is 0 Å². The Morgan fingerprint density at radius 2 is 1.74 bits per heavy atom. The second-order valence-corrected chi connectivity index (χ2v) is 7.54. The zero-order valence-corrected chi connectivity index (χ0v) is 12.9. The van der Waals surface area contributed by atoms with E-state index >= 15 is 0 Å². The molecule has 3 aliphatic rings. The smallest absolute Gasteiger partial charge is 0.0273 e. The van der Waals surface area contributed by atoms with Gasteiger partial charge in [-0.25, -0.2) is 0 Å². The molecule has 2 heterocycles. The van der Waals surface area contributed by atoms with Gasteiger partial charge in [-0.1, -0.05) is 13.8 Å². The molecule has 0 aromatic carbocycles. The van der Waals surface area contributed by atoms with Crippen LogP contribution in [0.15, 0.2) is 0 Å². The third-order valence-corrected chi connectivity index (χ3v) is 6.07. The Labute approximate surface area is 118 Å². The third-order valence-electron chi connectivity index (χ3n) is 6.07. The molecule has 0 spiro atoms. The van der Waals surface area contributed by atoms with Crippen molar-refractivity contribution in [3.05, 3.63) is 0 Å². The molecule has 0 aromatic heterocycles. The van der Waals surface area contributed by atoms with E-state index in [1.54, 1.807) is 0 Å². The zero-order valence-electron chi connectivity index (χ0n) is 12.9. The molecule has 0 aromatic rings. The first kappa shape index (κ1) is 13.8. The van der Waals surface area contributed by atoms with Gasteiger partial charge in [0.2, 0.25) is 0 Å². The SMILES string of the molecule is CC1CC(C)C(N2CCC3CCC(C2)N3C)C(N)C1. The maximum absolute atomic E-state index is 6.52. The highest BCUT2D eigenvalue weighted by molar-refractivity contribution is 4.98. The Balaban J connectivity index is 1.71. The lowest BCUT2D eigenvalue weighted by atomic mass is 9.76. The fraction of sp³-hybridized carbons (Fsp3) is 1.00. The molecule has 0 radical (unpaired) electrons. The van der Waals surface area contributed by atoms with E-state index in [9.17, 15) is 0 Å². The van der Waals surface area contributed by atoms with E-state index < -0.39 is 0 Å². The Kier molecular flexibility index (Phi) is 3.89. The number of likely N-dealkylation sites (tertiary alicyclic amines) is 1. The minimum atomic E-state index is 0.390. The van der Waals surface area contributed by atoms with Gasteiger partial charge in [0.05, 0.1) is 0 Å². The Morgan fingerprint density at radius 1 is 1.00 bits per heavy atom. The Hall–Kier alpha value is -0.120. The molecule has 3 fully saturated rings. The quantitative estimate of drug-likeness (QED) is 0.786. The van der Waals surface area contributed by atoms with Crippen molar-refractivity contribution in [1.82, 2.24) is 9.80 Å². The average Bonchev–Trinajstić information content (AvgIpc) is 2.55. The third kappa shape index (κ3) is 2.57. The molecule has 2 bridgehead atoms. The molecule has 0 amide bonds. The number of hydrogen-bond donors (Lipinski definition) is 1. The molecule has 3 nitrogen and oxygen atoms in total. The van der Waals surface area contributed by atoms with Gasteiger partial charge in [-0.05, 0) is 51.0 Å². The highest BCUT2D eigenvalue weighted by atomic mass is 15.3. The molecule has 2 N–H and O–H groups in total.